The van der Waals surface area contributed by atoms with Crippen LogP contribution in [0.15, 0.2) is 109 Å². The number of rotatable bonds is 5. The largest absolute Gasteiger partial charge is 2.00 e. The SMILES string of the molecule is [BH3-][P+](c1cc[cH-]c1)(c1cc[cH-]c1)N(CC)CC.[Fe+2].[Fe+2].c1cc[cH-]c1.c1cc[cH-]c1. The van der Waals surface area contributed by atoms with Crippen LogP contribution in [0.3, 0.4) is 0 Å². The minimum atomic E-state index is -1.11. The van der Waals surface area contributed by atoms with E-state index in [-0.39, 0.29) is 41.7 Å². The predicted molar refractivity (Wildman–Crippen MR) is 127 cm³/mol. The molecule has 29 heavy (non-hydrogen) atoms. The third-order valence-electron chi connectivity index (χ3n) is 3.90. The van der Waals surface area contributed by atoms with Gasteiger partial charge in [0.05, 0.1) is 0 Å². The van der Waals surface area contributed by atoms with Crippen LogP contribution in [0.2, 0.25) is 0 Å². The molecule has 0 spiro atoms. The minimum Gasteiger partial charge on any atom is -0.238 e. The zero-order chi connectivity index (χ0) is 19.4. The van der Waals surface area contributed by atoms with Gasteiger partial charge in [-0.15, -0.1) is 19.4 Å². The van der Waals surface area contributed by atoms with Crippen molar-refractivity contribution >= 4 is 25.5 Å². The van der Waals surface area contributed by atoms with Crippen molar-refractivity contribution in [3.8, 4) is 0 Å². The zero-order valence-electron chi connectivity index (χ0n) is 16.4. The molecule has 0 aliphatic carbocycles. The van der Waals surface area contributed by atoms with Crippen molar-refractivity contribution in [2.45, 2.75) is 13.8 Å². The zero-order valence-corrected chi connectivity index (χ0v) is 19.5. The van der Waals surface area contributed by atoms with Gasteiger partial charge in [0.2, 0.25) is 0 Å². The third kappa shape index (κ3) is 8.27. The van der Waals surface area contributed by atoms with E-state index in [1.54, 1.807) is 10.6 Å². The van der Waals surface area contributed by atoms with E-state index in [4.69, 9.17) is 0 Å². The number of hydrogen-bond acceptors (Lipinski definition) is 1. The second kappa shape index (κ2) is 15.7. The molecule has 0 amide bonds. The molecular weight excluding hydrogens is 456 g/mol. The number of hydrogen-bond donors (Lipinski definition) is 0. The summed E-state index contributed by atoms with van der Waals surface area (Å²) >= 11 is 0. The first-order valence-corrected chi connectivity index (χ1v) is 10.5. The maximum atomic E-state index is 2.73. The van der Waals surface area contributed by atoms with Crippen LogP contribution in [0.25, 0.3) is 0 Å². The van der Waals surface area contributed by atoms with Gasteiger partial charge in [-0.2, -0.15) is 72.8 Å². The van der Waals surface area contributed by atoms with Crippen molar-refractivity contribution < 1.29 is 34.1 Å². The topological polar surface area (TPSA) is 3.24 Å². The van der Waals surface area contributed by atoms with Crippen molar-refractivity contribution in [3.63, 3.8) is 0 Å². The van der Waals surface area contributed by atoms with E-state index in [9.17, 15) is 0 Å². The molecule has 0 saturated carbocycles. The fraction of sp³-hybridized carbons (Fsp3) is 0.167. The molecule has 0 atom stereocenters. The number of nitrogens with zero attached hydrogens (tertiary/aromatic N) is 1. The van der Waals surface area contributed by atoms with E-state index in [1.165, 1.54) is 13.1 Å². The first-order valence-electron chi connectivity index (χ1n) is 9.18. The Kier molecular flexibility index (Phi) is 15.1. The minimum absolute atomic E-state index is 0. The van der Waals surface area contributed by atoms with Gasteiger partial charge < -0.3 is 0 Å². The van der Waals surface area contributed by atoms with E-state index < -0.39 is 7.29 Å². The molecule has 0 radical (unpaired) electrons. The Hall–Kier alpha value is -1.11. The molecule has 4 rings (SSSR count). The van der Waals surface area contributed by atoms with Crippen LogP contribution in [0, 0.1) is 0 Å². The van der Waals surface area contributed by atoms with E-state index in [1.807, 2.05) is 60.7 Å². The first-order chi connectivity index (χ1) is 13.2. The fourth-order valence-corrected chi connectivity index (χ4v) is 5.06. The molecule has 0 aliphatic rings. The Morgan fingerprint density at radius 1 is 0.690 bits per heavy atom. The van der Waals surface area contributed by atoms with Crippen LogP contribution >= 0.6 is 7.29 Å². The van der Waals surface area contributed by atoms with Crippen molar-refractivity contribution in [3.05, 3.63) is 109 Å². The van der Waals surface area contributed by atoms with E-state index in [0.717, 1.165) is 0 Å². The third-order valence-corrected chi connectivity index (χ3v) is 6.61. The van der Waals surface area contributed by atoms with Gasteiger partial charge in [-0.1, -0.05) is 10.6 Å². The standard InChI is InChI=1S/C14H21BNP.2C5H5.2Fe/c1-3-16(4-2)17(15,13-9-5-6-10-13)14-11-7-8-12-14;2*1-2-4-5-3-1;;/h5-12H,3-4H2,1-2,15H3;2*1-5H;;/q-2;2*-1;2*+2. The molecule has 0 aliphatic heterocycles. The summed E-state index contributed by atoms with van der Waals surface area (Å²) in [7, 11) is -0.868. The average Bonchev–Trinajstić information content (AvgIpc) is 3.50. The molecule has 0 unspecified atom stereocenters. The quantitative estimate of drug-likeness (QED) is 0.229. The molecule has 0 heterocycles. The first kappa shape index (κ1) is 27.9. The van der Waals surface area contributed by atoms with Gasteiger partial charge in [0.25, 0.3) is 0 Å². The molecule has 4 aromatic carbocycles. The van der Waals surface area contributed by atoms with Crippen molar-refractivity contribution in [2.75, 3.05) is 13.1 Å². The van der Waals surface area contributed by atoms with Crippen LogP contribution in [-0.2, 0) is 34.1 Å². The summed E-state index contributed by atoms with van der Waals surface area (Å²) in [5.74, 6) is 0. The molecule has 5 heteroatoms. The Morgan fingerprint density at radius 3 is 1.28 bits per heavy atom. The van der Waals surface area contributed by atoms with Gasteiger partial charge in [-0.05, 0) is 13.8 Å². The molecular formula is C24H31BFe2NP. The van der Waals surface area contributed by atoms with E-state index in [0.29, 0.717) is 0 Å². The monoisotopic (exact) mass is 487 g/mol. The smallest absolute Gasteiger partial charge is 0.238 e. The van der Waals surface area contributed by atoms with Crippen LogP contribution in [0.1, 0.15) is 13.8 Å². The normalized spacial score (nSPS) is 9.93. The van der Waals surface area contributed by atoms with Crippen molar-refractivity contribution in [1.82, 2.24) is 4.67 Å². The molecule has 0 fully saturated rings. The predicted octanol–water partition coefficient (Wildman–Crippen LogP) is 4.44. The molecule has 0 N–H and O–H groups in total. The van der Waals surface area contributed by atoms with Gasteiger partial charge in [-0.25, -0.2) is 28.9 Å². The Morgan fingerprint density at radius 2 is 1.07 bits per heavy atom. The van der Waals surface area contributed by atoms with Crippen molar-refractivity contribution in [2.24, 2.45) is 0 Å². The summed E-state index contributed by atoms with van der Waals surface area (Å²) < 4.78 is 2.73. The molecule has 156 valence electrons. The van der Waals surface area contributed by atoms with Gasteiger partial charge in [0.15, 0.2) is 0 Å². The maximum absolute atomic E-state index is 2.73. The molecule has 0 aromatic heterocycles. The second-order valence-electron chi connectivity index (χ2n) is 5.66. The molecule has 1 nitrogen and oxygen atoms in total. The Labute approximate surface area is 199 Å². The summed E-state index contributed by atoms with van der Waals surface area (Å²) in [4.78, 5) is 0. The van der Waals surface area contributed by atoms with Gasteiger partial charge in [0, 0.05) is 13.1 Å². The van der Waals surface area contributed by atoms with E-state index in [2.05, 4.69) is 67.0 Å². The van der Waals surface area contributed by atoms with E-state index >= 15 is 0 Å². The van der Waals surface area contributed by atoms with Crippen LogP contribution < -0.4 is 10.6 Å². The Bertz CT molecular complexity index is 679. The summed E-state index contributed by atoms with van der Waals surface area (Å²) in [5.41, 5.74) is 0. The Balaban J connectivity index is 0.000000537. The van der Waals surface area contributed by atoms with Crippen LogP contribution in [-0.4, -0.2) is 25.3 Å². The van der Waals surface area contributed by atoms with Crippen LogP contribution in [0.5, 0.6) is 0 Å². The average molecular weight is 487 g/mol. The summed E-state index contributed by atoms with van der Waals surface area (Å²) in [5, 5.41) is 3.21. The van der Waals surface area contributed by atoms with Gasteiger partial charge in [0.1, 0.15) is 7.57 Å². The van der Waals surface area contributed by atoms with Crippen LogP contribution in [0.4, 0.5) is 0 Å². The molecule has 0 bridgehead atoms. The van der Waals surface area contributed by atoms with Crippen molar-refractivity contribution in [1.29, 1.82) is 0 Å². The van der Waals surface area contributed by atoms with Gasteiger partial charge >= 0.3 is 34.1 Å². The summed E-state index contributed by atoms with van der Waals surface area (Å²) in [6.07, 6.45) is 0. The molecule has 0 saturated heterocycles. The second-order valence-corrected chi connectivity index (χ2v) is 7.88. The molecule has 4 aromatic rings. The fourth-order valence-electron chi connectivity index (χ4n) is 2.63. The summed E-state index contributed by atoms with van der Waals surface area (Å²) in [6.45, 7) is 6.94. The summed E-state index contributed by atoms with van der Waals surface area (Å²) in [6, 6.07) is 38.1. The van der Waals surface area contributed by atoms with Gasteiger partial charge in [-0.3, -0.25) is 0 Å². The maximum Gasteiger partial charge on any atom is 2.00 e.